The first-order valence-electron chi connectivity index (χ1n) is 5.65. The van der Waals surface area contributed by atoms with Crippen molar-refractivity contribution in [2.24, 2.45) is 11.1 Å². The van der Waals surface area contributed by atoms with Gasteiger partial charge in [0.05, 0.1) is 12.1 Å². The Morgan fingerprint density at radius 1 is 1.50 bits per heavy atom. The van der Waals surface area contributed by atoms with Gasteiger partial charge in [0.2, 0.25) is 0 Å². The monoisotopic (exact) mass is 239 g/mol. The summed E-state index contributed by atoms with van der Waals surface area (Å²) in [6.07, 6.45) is 3.48. The fourth-order valence-electron chi connectivity index (χ4n) is 2.18. The van der Waals surface area contributed by atoms with Crippen molar-refractivity contribution in [1.82, 2.24) is 0 Å². The van der Waals surface area contributed by atoms with Gasteiger partial charge in [-0.15, -0.1) is 0 Å². The van der Waals surface area contributed by atoms with Crippen LogP contribution in [-0.4, -0.2) is 13.2 Å². The van der Waals surface area contributed by atoms with Crippen LogP contribution in [0.2, 0.25) is 5.02 Å². The topological polar surface area (TPSA) is 35.2 Å². The standard InChI is InChI=1S/C13H18ClNO/c1-9(15)13(5-6-13)8-10-3-4-12(16-2)11(14)7-10/h3-4,7,9H,5-6,8,15H2,1-2H3. The fourth-order valence-corrected chi connectivity index (χ4v) is 2.46. The van der Waals surface area contributed by atoms with E-state index in [1.165, 1.54) is 18.4 Å². The highest BCUT2D eigenvalue weighted by Crippen LogP contribution is 2.50. The average molecular weight is 240 g/mol. The maximum absolute atomic E-state index is 6.10. The van der Waals surface area contributed by atoms with Crippen molar-refractivity contribution in [2.75, 3.05) is 7.11 Å². The van der Waals surface area contributed by atoms with Gasteiger partial charge in [-0.3, -0.25) is 0 Å². The molecule has 1 atom stereocenters. The van der Waals surface area contributed by atoms with Crippen LogP contribution in [0.1, 0.15) is 25.3 Å². The maximum atomic E-state index is 6.10. The number of methoxy groups -OCH3 is 1. The molecule has 2 rings (SSSR count). The molecule has 1 saturated carbocycles. The third-order valence-electron chi connectivity index (χ3n) is 3.63. The minimum atomic E-state index is 0.258. The number of ether oxygens (including phenoxy) is 1. The molecule has 0 aromatic heterocycles. The zero-order chi connectivity index (χ0) is 11.8. The first-order valence-corrected chi connectivity index (χ1v) is 6.03. The van der Waals surface area contributed by atoms with Crippen molar-refractivity contribution in [3.05, 3.63) is 28.8 Å². The lowest BCUT2D eigenvalue weighted by molar-refractivity contribution is 0.411. The Morgan fingerprint density at radius 2 is 2.19 bits per heavy atom. The quantitative estimate of drug-likeness (QED) is 0.877. The van der Waals surface area contributed by atoms with E-state index in [1.807, 2.05) is 12.1 Å². The first kappa shape index (κ1) is 11.7. The molecular formula is C13H18ClNO. The van der Waals surface area contributed by atoms with Gasteiger partial charge in [0.15, 0.2) is 0 Å². The molecule has 2 nitrogen and oxygen atoms in total. The van der Waals surface area contributed by atoms with E-state index in [-0.39, 0.29) is 6.04 Å². The van der Waals surface area contributed by atoms with E-state index >= 15 is 0 Å². The van der Waals surface area contributed by atoms with Crippen LogP contribution < -0.4 is 10.5 Å². The van der Waals surface area contributed by atoms with Gasteiger partial charge in [0.25, 0.3) is 0 Å². The maximum Gasteiger partial charge on any atom is 0.137 e. The van der Waals surface area contributed by atoms with Crippen LogP contribution in [0, 0.1) is 5.41 Å². The molecule has 1 aromatic rings. The number of nitrogens with two attached hydrogens (primary N) is 1. The van der Waals surface area contributed by atoms with Crippen LogP contribution in [0.15, 0.2) is 18.2 Å². The molecule has 88 valence electrons. The van der Waals surface area contributed by atoms with Gasteiger partial charge in [0.1, 0.15) is 5.75 Å². The van der Waals surface area contributed by atoms with Crippen LogP contribution in [0.3, 0.4) is 0 Å². The Morgan fingerprint density at radius 3 is 2.62 bits per heavy atom. The molecule has 0 aliphatic heterocycles. The summed E-state index contributed by atoms with van der Waals surface area (Å²) in [5.41, 5.74) is 7.58. The zero-order valence-corrected chi connectivity index (χ0v) is 10.6. The number of hydrogen-bond acceptors (Lipinski definition) is 2. The average Bonchev–Trinajstić information content (AvgIpc) is 2.99. The van der Waals surface area contributed by atoms with Gasteiger partial charge in [-0.05, 0) is 49.3 Å². The molecule has 0 radical (unpaired) electrons. The Kier molecular flexibility index (Phi) is 3.13. The van der Waals surface area contributed by atoms with E-state index in [9.17, 15) is 0 Å². The van der Waals surface area contributed by atoms with Crippen molar-refractivity contribution in [2.45, 2.75) is 32.2 Å². The predicted octanol–water partition coefficient (Wildman–Crippen LogP) is 3.02. The van der Waals surface area contributed by atoms with Crippen LogP contribution >= 0.6 is 11.6 Å². The largest absolute Gasteiger partial charge is 0.495 e. The number of rotatable bonds is 4. The zero-order valence-electron chi connectivity index (χ0n) is 9.79. The summed E-state index contributed by atoms with van der Waals surface area (Å²) in [4.78, 5) is 0. The molecule has 0 spiro atoms. The van der Waals surface area contributed by atoms with Gasteiger partial charge in [-0.1, -0.05) is 17.7 Å². The van der Waals surface area contributed by atoms with E-state index in [1.54, 1.807) is 7.11 Å². The molecule has 0 amide bonds. The molecule has 3 heteroatoms. The smallest absolute Gasteiger partial charge is 0.137 e. The van der Waals surface area contributed by atoms with Crippen LogP contribution in [-0.2, 0) is 6.42 Å². The molecule has 0 heterocycles. The van der Waals surface area contributed by atoms with Crippen molar-refractivity contribution in [3.8, 4) is 5.75 Å². The van der Waals surface area contributed by atoms with E-state index in [4.69, 9.17) is 22.1 Å². The van der Waals surface area contributed by atoms with E-state index in [0.717, 1.165) is 12.2 Å². The summed E-state index contributed by atoms with van der Waals surface area (Å²) in [6.45, 7) is 2.10. The highest BCUT2D eigenvalue weighted by molar-refractivity contribution is 6.32. The van der Waals surface area contributed by atoms with Gasteiger partial charge in [-0.25, -0.2) is 0 Å². The predicted molar refractivity (Wildman–Crippen MR) is 67.0 cm³/mol. The highest BCUT2D eigenvalue weighted by atomic mass is 35.5. The van der Waals surface area contributed by atoms with Gasteiger partial charge in [-0.2, -0.15) is 0 Å². The molecule has 1 aromatic carbocycles. The number of benzene rings is 1. The van der Waals surface area contributed by atoms with Gasteiger partial charge in [0, 0.05) is 6.04 Å². The van der Waals surface area contributed by atoms with Crippen molar-refractivity contribution in [1.29, 1.82) is 0 Å². The third kappa shape index (κ3) is 2.18. The molecular weight excluding hydrogens is 222 g/mol. The van der Waals surface area contributed by atoms with Crippen LogP contribution in [0.5, 0.6) is 5.75 Å². The summed E-state index contributed by atoms with van der Waals surface area (Å²) >= 11 is 6.10. The van der Waals surface area contributed by atoms with E-state index in [0.29, 0.717) is 10.4 Å². The van der Waals surface area contributed by atoms with Gasteiger partial charge >= 0.3 is 0 Å². The molecule has 1 fully saturated rings. The summed E-state index contributed by atoms with van der Waals surface area (Å²) in [7, 11) is 1.63. The van der Waals surface area contributed by atoms with Crippen molar-refractivity contribution < 1.29 is 4.74 Å². The lowest BCUT2D eigenvalue weighted by atomic mass is 9.90. The van der Waals surface area contributed by atoms with Gasteiger partial charge < -0.3 is 10.5 Å². The van der Waals surface area contributed by atoms with Crippen LogP contribution in [0.25, 0.3) is 0 Å². The lowest BCUT2D eigenvalue weighted by Crippen LogP contribution is -2.29. The molecule has 1 aliphatic rings. The Bertz CT molecular complexity index is 386. The SMILES string of the molecule is COc1ccc(CC2(C(C)N)CC2)cc1Cl. The summed E-state index contributed by atoms with van der Waals surface area (Å²) in [5, 5.41) is 0.681. The second-order valence-electron chi connectivity index (χ2n) is 4.80. The fraction of sp³-hybridized carbons (Fsp3) is 0.538. The summed E-state index contributed by atoms with van der Waals surface area (Å²) < 4.78 is 5.14. The number of hydrogen-bond donors (Lipinski definition) is 1. The molecule has 0 bridgehead atoms. The third-order valence-corrected chi connectivity index (χ3v) is 3.93. The lowest BCUT2D eigenvalue weighted by Gasteiger charge is -2.19. The normalized spacial score (nSPS) is 19.2. The second kappa shape index (κ2) is 4.27. The van der Waals surface area contributed by atoms with Crippen LogP contribution in [0.4, 0.5) is 0 Å². The Labute approximate surface area is 102 Å². The van der Waals surface area contributed by atoms with Crippen molar-refractivity contribution >= 4 is 11.6 Å². The highest BCUT2D eigenvalue weighted by Gasteiger charge is 2.45. The molecule has 0 saturated heterocycles. The Balaban J connectivity index is 2.14. The summed E-state index contributed by atoms with van der Waals surface area (Å²) in [6, 6.07) is 6.25. The first-order chi connectivity index (χ1) is 7.57. The minimum Gasteiger partial charge on any atom is -0.495 e. The molecule has 16 heavy (non-hydrogen) atoms. The molecule has 1 aliphatic carbocycles. The van der Waals surface area contributed by atoms with E-state index in [2.05, 4.69) is 13.0 Å². The molecule has 2 N–H and O–H groups in total. The minimum absolute atomic E-state index is 0.258. The van der Waals surface area contributed by atoms with Crippen molar-refractivity contribution in [3.63, 3.8) is 0 Å². The second-order valence-corrected chi connectivity index (χ2v) is 5.20. The Hall–Kier alpha value is -0.730. The van der Waals surface area contributed by atoms with E-state index < -0.39 is 0 Å². The number of halogens is 1. The summed E-state index contributed by atoms with van der Waals surface area (Å²) in [5.74, 6) is 0.732. The molecule has 1 unspecified atom stereocenters.